The normalized spacial score (nSPS) is 11.3. The van der Waals surface area contributed by atoms with Gasteiger partial charge in [-0.25, -0.2) is 8.42 Å². The molecule has 130 valence electrons. The van der Waals surface area contributed by atoms with Gasteiger partial charge in [0.1, 0.15) is 10.8 Å². The molecule has 0 atom stereocenters. The molecule has 0 spiro atoms. The summed E-state index contributed by atoms with van der Waals surface area (Å²) in [6, 6.07) is 14.4. The van der Waals surface area contributed by atoms with Gasteiger partial charge in [0.05, 0.1) is 12.9 Å². The zero-order valence-electron chi connectivity index (χ0n) is 13.1. The summed E-state index contributed by atoms with van der Waals surface area (Å²) in [7, 11) is -1.96. The molecule has 0 aliphatic heterocycles. The molecular weight excluding hydrogens is 426 g/mol. The van der Waals surface area contributed by atoms with Gasteiger partial charge in [0.15, 0.2) is 0 Å². The maximum absolute atomic E-state index is 12.3. The lowest BCUT2D eigenvalue weighted by molar-refractivity contribution is 0.415. The average molecular weight is 440 g/mol. The first-order chi connectivity index (χ1) is 11.9. The zero-order chi connectivity index (χ0) is 17.9. The molecule has 0 unspecified atom stereocenters. The molecule has 1 heterocycles. The number of anilines is 1. The van der Waals surface area contributed by atoms with Crippen LogP contribution < -0.4 is 9.46 Å². The third-order valence-corrected chi connectivity index (χ3v) is 6.04. The number of rotatable bonds is 6. The van der Waals surface area contributed by atoms with E-state index in [1.165, 1.54) is 11.3 Å². The van der Waals surface area contributed by atoms with E-state index < -0.39 is 10.0 Å². The van der Waals surface area contributed by atoms with Crippen LogP contribution in [0.25, 0.3) is 10.6 Å². The third-order valence-electron chi connectivity index (χ3n) is 3.27. The Balaban J connectivity index is 1.72. The van der Waals surface area contributed by atoms with Crippen LogP contribution in [0, 0.1) is 0 Å². The first kappa shape index (κ1) is 17.8. The number of benzene rings is 2. The van der Waals surface area contributed by atoms with Crippen LogP contribution in [0.4, 0.5) is 5.13 Å². The van der Waals surface area contributed by atoms with Gasteiger partial charge in [0.2, 0.25) is 15.2 Å². The fourth-order valence-electron chi connectivity index (χ4n) is 2.08. The number of methoxy groups -OCH3 is 1. The Morgan fingerprint density at radius 3 is 2.40 bits per heavy atom. The van der Waals surface area contributed by atoms with Crippen molar-refractivity contribution in [1.82, 2.24) is 10.2 Å². The standard InChI is InChI=1S/C16H14BrN3O3S2/c1-23-14-8-4-12(5-9-14)15-18-19-16(24-15)20-25(21,22)10-11-2-6-13(17)7-3-11/h2-9H,10H2,1H3,(H,19,20). The quantitative estimate of drug-likeness (QED) is 0.629. The van der Waals surface area contributed by atoms with Crippen molar-refractivity contribution in [2.45, 2.75) is 5.75 Å². The molecule has 3 aromatic rings. The zero-order valence-corrected chi connectivity index (χ0v) is 16.4. The van der Waals surface area contributed by atoms with Crippen molar-refractivity contribution in [2.24, 2.45) is 0 Å². The summed E-state index contributed by atoms with van der Waals surface area (Å²) >= 11 is 4.50. The summed E-state index contributed by atoms with van der Waals surface area (Å²) in [5, 5.41) is 8.82. The molecule has 1 N–H and O–H groups in total. The van der Waals surface area contributed by atoms with Gasteiger partial charge in [0, 0.05) is 10.0 Å². The van der Waals surface area contributed by atoms with E-state index in [2.05, 4.69) is 30.8 Å². The minimum atomic E-state index is -3.56. The monoisotopic (exact) mass is 439 g/mol. The summed E-state index contributed by atoms with van der Waals surface area (Å²) in [6.07, 6.45) is 0. The molecule has 0 saturated carbocycles. The number of nitrogens with one attached hydrogen (secondary N) is 1. The molecule has 25 heavy (non-hydrogen) atoms. The Bertz CT molecular complexity index is 955. The van der Waals surface area contributed by atoms with Crippen LogP contribution in [0.5, 0.6) is 5.75 Å². The fourth-order valence-corrected chi connectivity index (χ4v) is 4.51. The summed E-state index contributed by atoms with van der Waals surface area (Å²) in [5.74, 6) is 0.612. The van der Waals surface area contributed by atoms with Gasteiger partial charge in [-0.05, 0) is 42.0 Å². The highest BCUT2D eigenvalue weighted by Crippen LogP contribution is 2.28. The minimum absolute atomic E-state index is 0.127. The Labute approximate surface area is 158 Å². The van der Waals surface area contributed by atoms with E-state index in [1.54, 1.807) is 31.4 Å². The molecule has 0 aliphatic rings. The number of halogens is 1. The summed E-state index contributed by atoms with van der Waals surface area (Å²) in [5.41, 5.74) is 1.53. The maximum Gasteiger partial charge on any atom is 0.238 e. The predicted molar refractivity (Wildman–Crippen MR) is 102 cm³/mol. The number of hydrogen-bond donors (Lipinski definition) is 1. The number of nitrogens with zero attached hydrogens (tertiary/aromatic N) is 2. The molecule has 9 heteroatoms. The van der Waals surface area contributed by atoms with E-state index in [-0.39, 0.29) is 10.9 Å². The van der Waals surface area contributed by atoms with Gasteiger partial charge < -0.3 is 4.74 Å². The van der Waals surface area contributed by atoms with Gasteiger partial charge in [-0.2, -0.15) is 0 Å². The summed E-state index contributed by atoms with van der Waals surface area (Å²) in [6.45, 7) is 0. The maximum atomic E-state index is 12.3. The Hall–Kier alpha value is -1.97. The van der Waals surface area contributed by atoms with Crippen LogP contribution in [0.2, 0.25) is 0 Å². The highest BCUT2D eigenvalue weighted by molar-refractivity contribution is 9.10. The van der Waals surface area contributed by atoms with Crippen LogP contribution in [0.15, 0.2) is 53.0 Å². The molecule has 0 fully saturated rings. The molecular formula is C16H14BrN3O3S2. The largest absolute Gasteiger partial charge is 0.497 e. The van der Waals surface area contributed by atoms with Crippen LogP contribution in [0.3, 0.4) is 0 Å². The van der Waals surface area contributed by atoms with Crippen molar-refractivity contribution in [2.75, 3.05) is 11.8 Å². The van der Waals surface area contributed by atoms with Gasteiger partial charge in [-0.1, -0.05) is 39.4 Å². The molecule has 2 aromatic carbocycles. The topological polar surface area (TPSA) is 81.2 Å². The van der Waals surface area contributed by atoms with Crippen molar-refractivity contribution in [3.63, 3.8) is 0 Å². The lowest BCUT2D eigenvalue weighted by Crippen LogP contribution is -2.14. The number of ether oxygens (including phenoxy) is 1. The van der Waals surface area contributed by atoms with E-state index in [0.29, 0.717) is 10.6 Å². The molecule has 0 bridgehead atoms. The highest BCUT2D eigenvalue weighted by Gasteiger charge is 2.15. The molecule has 0 saturated heterocycles. The first-order valence-corrected chi connectivity index (χ1v) is 10.4. The smallest absolute Gasteiger partial charge is 0.238 e. The van der Waals surface area contributed by atoms with E-state index >= 15 is 0 Å². The predicted octanol–water partition coefficient (Wildman–Crippen LogP) is 3.92. The van der Waals surface area contributed by atoms with Crippen molar-refractivity contribution in [3.8, 4) is 16.3 Å². The average Bonchev–Trinajstić information content (AvgIpc) is 3.04. The minimum Gasteiger partial charge on any atom is -0.497 e. The van der Waals surface area contributed by atoms with Crippen LogP contribution in [0.1, 0.15) is 5.56 Å². The van der Waals surface area contributed by atoms with E-state index in [4.69, 9.17) is 4.74 Å². The Morgan fingerprint density at radius 1 is 1.08 bits per heavy atom. The van der Waals surface area contributed by atoms with Gasteiger partial charge >= 0.3 is 0 Å². The highest BCUT2D eigenvalue weighted by atomic mass is 79.9. The third kappa shape index (κ3) is 4.77. The van der Waals surface area contributed by atoms with Gasteiger partial charge in [0.25, 0.3) is 0 Å². The first-order valence-electron chi connectivity index (χ1n) is 7.18. The van der Waals surface area contributed by atoms with Crippen LogP contribution in [-0.2, 0) is 15.8 Å². The molecule has 0 radical (unpaired) electrons. The lowest BCUT2D eigenvalue weighted by Gasteiger charge is -2.04. The van der Waals surface area contributed by atoms with Gasteiger partial charge in [-0.3, -0.25) is 4.72 Å². The fraction of sp³-hybridized carbons (Fsp3) is 0.125. The number of sulfonamides is 1. The molecule has 1 aromatic heterocycles. The Kier molecular flexibility index (Phi) is 5.36. The van der Waals surface area contributed by atoms with Crippen molar-refractivity contribution in [1.29, 1.82) is 0 Å². The second-order valence-electron chi connectivity index (χ2n) is 5.13. The lowest BCUT2D eigenvalue weighted by atomic mass is 10.2. The van der Waals surface area contributed by atoms with Crippen LogP contribution in [-0.4, -0.2) is 25.7 Å². The van der Waals surface area contributed by atoms with E-state index in [0.717, 1.165) is 15.8 Å². The second kappa shape index (κ2) is 7.51. The van der Waals surface area contributed by atoms with Crippen LogP contribution >= 0.6 is 27.3 Å². The summed E-state index contributed by atoms with van der Waals surface area (Å²) in [4.78, 5) is 0. The van der Waals surface area contributed by atoms with Crippen molar-refractivity contribution >= 4 is 42.4 Å². The van der Waals surface area contributed by atoms with Gasteiger partial charge in [-0.15, -0.1) is 10.2 Å². The molecule has 0 amide bonds. The second-order valence-corrected chi connectivity index (χ2v) is 8.74. The van der Waals surface area contributed by atoms with Crippen molar-refractivity contribution < 1.29 is 13.2 Å². The SMILES string of the molecule is COc1ccc(-c2nnc(NS(=O)(=O)Cc3ccc(Br)cc3)s2)cc1. The van der Waals surface area contributed by atoms with E-state index in [1.807, 2.05) is 24.3 Å². The molecule has 6 nitrogen and oxygen atoms in total. The summed E-state index contributed by atoms with van der Waals surface area (Å²) < 4.78 is 33.1. The number of aromatic nitrogens is 2. The van der Waals surface area contributed by atoms with Crippen molar-refractivity contribution in [3.05, 3.63) is 58.6 Å². The Morgan fingerprint density at radius 2 is 1.76 bits per heavy atom. The molecule has 3 rings (SSSR count). The molecule has 0 aliphatic carbocycles. The number of hydrogen-bond acceptors (Lipinski definition) is 6. The van der Waals surface area contributed by atoms with E-state index in [9.17, 15) is 8.42 Å².